The van der Waals surface area contributed by atoms with E-state index in [4.69, 9.17) is 27.9 Å². The Hall–Kier alpha value is -4.83. The zero-order valence-electron chi connectivity index (χ0n) is 29.0. The van der Waals surface area contributed by atoms with E-state index in [0.717, 1.165) is 28.3 Å². The molecule has 0 unspecified atom stereocenters. The van der Waals surface area contributed by atoms with Gasteiger partial charge in [0.05, 0.1) is 10.6 Å². The van der Waals surface area contributed by atoms with Gasteiger partial charge in [0.2, 0.25) is 11.8 Å². The van der Waals surface area contributed by atoms with E-state index in [1.54, 1.807) is 54.6 Å². The topological polar surface area (TPSA) is 96.0 Å². The first-order valence-electron chi connectivity index (χ1n) is 17.0. The number of hydrogen-bond acceptors (Lipinski definition) is 5. The first-order chi connectivity index (χ1) is 25.1. The second kappa shape index (κ2) is 18.1. The fourth-order valence-electron chi connectivity index (χ4n) is 5.59. The summed E-state index contributed by atoms with van der Waals surface area (Å²) in [6.45, 7) is 3.54. The summed E-state index contributed by atoms with van der Waals surface area (Å²) in [5, 5.41) is 3.61. The molecule has 0 saturated carbocycles. The van der Waals surface area contributed by atoms with E-state index in [2.05, 4.69) is 5.32 Å². The minimum absolute atomic E-state index is 0.00866. The number of benzene rings is 5. The predicted octanol–water partition coefficient (Wildman–Crippen LogP) is 8.85. The first kappa shape index (κ1) is 38.4. The highest BCUT2D eigenvalue weighted by atomic mass is 35.5. The molecule has 1 atom stereocenters. The van der Waals surface area contributed by atoms with Gasteiger partial charge < -0.3 is 15.0 Å². The van der Waals surface area contributed by atoms with Crippen molar-refractivity contribution in [2.75, 3.05) is 17.4 Å². The van der Waals surface area contributed by atoms with Crippen molar-refractivity contribution in [3.05, 3.63) is 154 Å². The molecule has 5 rings (SSSR count). The van der Waals surface area contributed by atoms with Gasteiger partial charge in [-0.15, -0.1) is 0 Å². The number of unbranched alkanes of at least 4 members (excludes halogenated alkanes) is 1. The van der Waals surface area contributed by atoms with Gasteiger partial charge >= 0.3 is 0 Å². The maximum absolute atomic E-state index is 14.8. The van der Waals surface area contributed by atoms with E-state index in [1.807, 2.05) is 74.5 Å². The number of carbonyl (C=O) groups excluding carboxylic acids is 2. The molecule has 1 N–H and O–H groups in total. The van der Waals surface area contributed by atoms with Crippen molar-refractivity contribution >= 4 is 50.7 Å². The fraction of sp³-hybridized carbons (Fsp3) is 0.220. The van der Waals surface area contributed by atoms with Crippen LogP contribution in [0, 0.1) is 6.92 Å². The molecule has 2 amide bonds. The van der Waals surface area contributed by atoms with E-state index in [9.17, 15) is 18.0 Å². The van der Waals surface area contributed by atoms with E-state index in [-0.39, 0.29) is 29.5 Å². The van der Waals surface area contributed by atoms with Crippen molar-refractivity contribution in [1.29, 1.82) is 0 Å². The van der Waals surface area contributed by atoms with Crippen LogP contribution >= 0.6 is 23.2 Å². The number of ether oxygens (including phenoxy) is 1. The molecular weight excluding hydrogens is 717 g/mol. The molecule has 0 aliphatic carbocycles. The van der Waals surface area contributed by atoms with Gasteiger partial charge in [-0.2, -0.15) is 0 Å². The number of carbonyl (C=O) groups is 2. The zero-order valence-corrected chi connectivity index (χ0v) is 31.4. The molecular formula is C41H41Cl2N3O5S. The summed E-state index contributed by atoms with van der Waals surface area (Å²) in [5.41, 5.74) is 2.37. The van der Waals surface area contributed by atoms with Crippen LogP contribution in [-0.4, -0.2) is 44.3 Å². The van der Waals surface area contributed by atoms with Crippen molar-refractivity contribution < 1.29 is 22.7 Å². The number of halogens is 2. The number of nitrogens with one attached hydrogen (secondary N) is 1. The number of para-hydroxylation sites is 1. The lowest BCUT2D eigenvalue weighted by Crippen LogP contribution is -2.53. The number of rotatable bonds is 16. The van der Waals surface area contributed by atoms with Crippen molar-refractivity contribution in [2.24, 2.45) is 0 Å². The average Bonchev–Trinajstić information content (AvgIpc) is 3.14. The lowest BCUT2D eigenvalue weighted by atomic mass is 10.0. The lowest BCUT2D eigenvalue weighted by molar-refractivity contribution is -0.140. The third-order valence-electron chi connectivity index (χ3n) is 8.48. The van der Waals surface area contributed by atoms with Crippen LogP contribution in [0.25, 0.3) is 0 Å². The molecule has 0 aliphatic rings. The SMILES string of the molecule is CCCCNC(=O)[C@@H](Cc1ccccc1)N(Cc1c(Cl)cccc1Cl)C(=O)CN(c1ccc(Oc2ccccc2)cc1)S(=O)(=O)c1ccc(C)cc1. The molecule has 0 spiro atoms. The quantitative estimate of drug-likeness (QED) is 0.102. The summed E-state index contributed by atoms with van der Waals surface area (Å²) in [7, 11) is -4.29. The number of sulfonamides is 1. The van der Waals surface area contributed by atoms with Gasteiger partial charge in [0, 0.05) is 35.1 Å². The van der Waals surface area contributed by atoms with Crippen LogP contribution in [0.1, 0.15) is 36.5 Å². The van der Waals surface area contributed by atoms with Crippen LogP contribution in [0.2, 0.25) is 10.0 Å². The summed E-state index contributed by atoms with van der Waals surface area (Å²) in [6.07, 6.45) is 1.78. The van der Waals surface area contributed by atoms with Gasteiger partial charge in [-0.1, -0.05) is 109 Å². The zero-order chi connectivity index (χ0) is 37.1. The van der Waals surface area contributed by atoms with E-state index < -0.39 is 28.5 Å². The molecule has 5 aromatic rings. The fourth-order valence-corrected chi connectivity index (χ4v) is 7.52. The highest BCUT2D eigenvalue weighted by Crippen LogP contribution is 2.31. The number of anilines is 1. The lowest BCUT2D eigenvalue weighted by Gasteiger charge is -2.34. The van der Waals surface area contributed by atoms with Gasteiger partial charge in [0.15, 0.2) is 0 Å². The number of nitrogens with zero attached hydrogens (tertiary/aromatic N) is 2. The van der Waals surface area contributed by atoms with Gasteiger partial charge in [-0.3, -0.25) is 13.9 Å². The monoisotopic (exact) mass is 757 g/mol. The smallest absolute Gasteiger partial charge is 0.264 e. The highest BCUT2D eigenvalue weighted by Gasteiger charge is 2.35. The standard InChI is InChI=1S/C41H41Cl2N3O5S/c1-3-4-26-44-41(48)39(27-31-12-7-5-8-13-31)45(28-36-37(42)16-11-17-38(36)43)40(47)29-46(52(49,50)35-24-18-30(2)19-25-35)32-20-22-34(23-21-32)51-33-14-9-6-10-15-33/h5-25,39H,3-4,26-29H2,1-2H3,(H,44,48)/t39-/m1/s1. The van der Waals surface area contributed by atoms with Crippen LogP contribution in [0.4, 0.5) is 5.69 Å². The van der Waals surface area contributed by atoms with E-state index >= 15 is 0 Å². The highest BCUT2D eigenvalue weighted by molar-refractivity contribution is 7.92. The summed E-state index contributed by atoms with van der Waals surface area (Å²) < 4.78 is 35.8. The molecule has 0 aliphatic heterocycles. The summed E-state index contributed by atoms with van der Waals surface area (Å²) in [4.78, 5) is 30.2. The Morgan fingerprint density at radius 2 is 1.37 bits per heavy atom. The minimum Gasteiger partial charge on any atom is -0.457 e. The average molecular weight is 759 g/mol. The molecule has 11 heteroatoms. The Morgan fingerprint density at radius 1 is 0.769 bits per heavy atom. The van der Waals surface area contributed by atoms with Crippen molar-refractivity contribution in [1.82, 2.24) is 10.2 Å². The molecule has 270 valence electrons. The molecule has 5 aromatic carbocycles. The summed E-state index contributed by atoms with van der Waals surface area (Å²) in [5.74, 6) is 0.104. The Kier molecular flexibility index (Phi) is 13.4. The van der Waals surface area contributed by atoms with Gasteiger partial charge in [-0.05, 0) is 79.6 Å². The maximum Gasteiger partial charge on any atom is 0.264 e. The summed E-state index contributed by atoms with van der Waals surface area (Å²) >= 11 is 13.2. The molecule has 0 heterocycles. The number of amides is 2. The van der Waals surface area contributed by atoms with Crippen molar-refractivity contribution in [2.45, 2.75) is 50.6 Å². The maximum atomic E-state index is 14.8. The largest absolute Gasteiger partial charge is 0.457 e. The molecule has 0 radical (unpaired) electrons. The van der Waals surface area contributed by atoms with Gasteiger partial charge in [0.1, 0.15) is 24.1 Å². The molecule has 0 fully saturated rings. The van der Waals surface area contributed by atoms with Crippen molar-refractivity contribution in [3.8, 4) is 11.5 Å². The Balaban J connectivity index is 1.57. The third kappa shape index (κ3) is 9.94. The van der Waals surface area contributed by atoms with Crippen LogP contribution in [0.15, 0.2) is 132 Å². The van der Waals surface area contributed by atoms with E-state index in [1.165, 1.54) is 17.0 Å². The second-order valence-electron chi connectivity index (χ2n) is 12.3. The molecule has 0 saturated heterocycles. The van der Waals surface area contributed by atoms with Crippen LogP contribution in [0.5, 0.6) is 11.5 Å². The molecule has 8 nitrogen and oxygen atoms in total. The van der Waals surface area contributed by atoms with Crippen LogP contribution in [0.3, 0.4) is 0 Å². The molecule has 0 bridgehead atoms. The minimum atomic E-state index is -4.29. The predicted molar refractivity (Wildman–Crippen MR) is 208 cm³/mol. The third-order valence-corrected chi connectivity index (χ3v) is 11.0. The first-order valence-corrected chi connectivity index (χ1v) is 19.2. The number of aryl methyl sites for hydroxylation is 1. The Labute approximate surface area is 316 Å². The van der Waals surface area contributed by atoms with Gasteiger partial charge in [0.25, 0.3) is 10.0 Å². The molecule has 0 aromatic heterocycles. The second-order valence-corrected chi connectivity index (χ2v) is 15.0. The van der Waals surface area contributed by atoms with Gasteiger partial charge in [-0.25, -0.2) is 8.42 Å². The number of hydrogen-bond donors (Lipinski definition) is 1. The van der Waals surface area contributed by atoms with Crippen LogP contribution in [-0.2, 0) is 32.6 Å². The van der Waals surface area contributed by atoms with Crippen LogP contribution < -0.4 is 14.4 Å². The van der Waals surface area contributed by atoms with Crippen molar-refractivity contribution in [3.63, 3.8) is 0 Å². The molecule has 52 heavy (non-hydrogen) atoms. The summed E-state index contributed by atoms with van der Waals surface area (Å²) in [6, 6.07) is 35.4. The Bertz CT molecular complexity index is 2030. The normalized spacial score (nSPS) is 11.8. The Morgan fingerprint density at radius 3 is 1.98 bits per heavy atom. The van der Waals surface area contributed by atoms with E-state index in [0.29, 0.717) is 33.7 Å².